The summed E-state index contributed by atoms with van der Waals surface area (Å²) in [5, 5.41) is 5.38. The number of methoxy groups -OCH3 is 1. The summed E-state index contributed by atoms with van der Waals surface area (Å²) in [6.45, 7) is -0.264. The van der Waals surface area contributed by atoms with Crippen molar-refractivity contribution in [1.82, 2.24) is 20.2 Å². The highest BCUT2D eigenvalue weighted by molar-refractivity contribution is 5.96. The van der Waals surface area contributed by atoms with Gasteiger partial charge in [-0.2, -0.15) is 0 Å². The van der Waals surface area contributed by atoms with Gasteiger partial charge in [0, 0.05) is 25.0 Å². The van der Waals surface area contributed by atoms with Crippen molar-refractivity contribution in [2.24, 2.45) is 7.05 Å². The Morgan fingerprint density at radius 2 is 2.00 bits per heavy atom. The highest BCUT2D eigenvalue weighted by Gasteiger charge is 2.21. The molecule has 2 amide bonds. The fourth-order valence-electron chi connectivity index (χ4n) is 2.88. The Morgan fingerprint density at radius 3 is 2.69 bits per heavy atom. The third-order valence-corrected chi connectivity index (χ3v) is 4.35. The summed E-state index contributed by atoms with van der Waals surface area (Å²) in [6.07, 6.45) is 3.42. The van der Waals surface area contributed by atoms with Crippen LogP contribution in [-0.2, 0) is 11.8 Å². The molecule has 0 radical (unpaired) electrons. The Balaban J connectivity index is 1.73. The number of rotatable bonds is 7. The lowest BCUT2D eigenvalue weighted by molar-refractivity contribution is -0.120. The van der Waals surface area contributed by atoms with Gasteiger partial charge >= 0.3 is 0 Å². The number of hydrogen-bond donors (Lipinski definition) is 2. The molecular formula is C21H21FN4O3. The molecule has 7 nitrogen and oxygen atoms in total. The van der Waals surface area contributed by atoms with Crippen LogP contribution >= 0.6 is 0 Å². The van der Waals surface area contributed by atoms with Crippen LogP contribution in [0.3, 0.4) is 0 Å². The first-order chi connectivity index (χ1) is 14.0. The zero-order chi connectivity index (χ0) is 20.8. The average Bonchev–Trinajstić information content (AvgIpc) is 3.15. The highest BCUT2D eigenvalue weighted by Crippen LogP contribution is 2.24. The van der Waals surface area contributed by atoms with Crippen molar-refractivity contribution in [2.75, 3.05) is 13.7 Å². The average molecular weight is 396 g/mol. The molecule has 1 atom stereocenters. The third-order valence-electron chi connectivity index (χ3n) is 4.35. The third kappa shape index (κ3) is 4.98. The number of aryl methyl sites for hydroxylation is 1. The number of benzene rings is 2. The Morgan fingerprint density at radius 1 is 1.21 bits per heavy atom. The molecule has 1 unspecified atom stereocenters. The number of hydrogen-bond acceptors (Lipinski definition) is 4. The van der Waals surface area contributed by atoms with E-state index in [0.29, 0.717) is 11.6 Å². The van der Waals surface area contributed by atoms with Crippen molar-refractivity contribution >= 4 is 11.8 Å². The van der Waals surface area contributed by atoms with E-state index in [0.717, 1.165) is 11.6 Å². The van der Waals surface area contributed by atoms with Crippen LogP contribution in [0.4, 0.5) is 4.39 Å². The van der Waals surface area contributed by atoms with Gasteiger partial charge in [-0.1, -0.05) is 18.2 Å². The molecule has 0 fully saturated rings. The molecular weight excluding hydrogens is 375 g/mol. The molecule has 150 valence electrons. The molecule has 0 spiro atoms. The Hall–Kier alpha value is -3.68. The van der Waals surface area contributed by atoms with Gasteiger partial charge in [0.2, 0.25) is 5.91 Å². The van der Waals surface area contributed by atoms with Gasteiger partial charge in [0.25, 0.3) is 5.91 Å². The van der Waals surface area contributed by atoms with Crippen LogP contribution < -0.4 is 15.4 Å². The first kappa shape index (κ1) is 20.1. The number of halogens is 1. The maximum absolute atomic E-state index is 13.3. The first-order valence-corrected chi connectivity index (χ1v) is 8.92. The molecule has 0 aliphatic heterocycles. The fraction of sp³-hybridized carbons (Fsp3) is 0.190. The van der Waals surface area contributed by atoms with Gasteiger partial charge in [0.1, 0.15) is 23.4 Å². The van der Waals surface area contributed by atoms with E-state index in [9.17, 15) is 14.0 Å². The maximum atomic E-state index is 13.3. The van der Waals surface area contributed by atoms with Crippen molar-refractivity contribution in [2.45, 2.75) is 6.04 Å². The van der Waals surface area contributed by atoms with Crippen molar-refractivity contribution < 1.29 is 18.7 Å². The molecule has 0 saturated heterocycles. The molecule has 0 aliphatic rings. The van der Waals surface area contributed by atoms with Gasteiger partial charge in [0.05, 0.1) is 13.7 Å². The van der Waals surface area contributed by atoms with Crippen LogP contribution in [0.15, 0.2) is 60.9 Å². The van der Waals surface area contributed by atoms with Crippen LogP contribution in [0, 0.1) is 5.82 Å². The molecule has 0 saturated carbocycles. The van der Waals surface area contributed by atoms with Crippen molar-refractivity contribution in [1.29, 1.82) is 0 Å². The van der Waals surface area contributed by atoms with Crippen molar-refractivity contribution in [3.05, 3.63) is 83.7 Å². The second kappa shape index (κ2) is 9.01. The van der Waals surface area contributed by atoms with Gasteiger partial charge < -0.3 is 19.9 Å². The second-order valence-electron chi connectivity index (χ2n) is 6.37. The van der Waals surface area contributed by atoms with Crippen LogP contribution in [0.1, 0.15) is 27.8 Å². The summed E-state index contributed by atoms with van der Waals surface area (Å²) in [6, 6.07) is 12.0. The topological polar surface area (TPSA) is 85.2 Å². The minimum Gasteiger partial charge on any atom is -0.497 e. The van der Waals surface area contributed by atoms with Crippen LogP contribution in [0.5, 0.6) is 5.75 Å². The minimum atomic E-state index is -0.538. The summed E-state index contributed by atoms with van der Waals surface area (Å²) < 4.78 is 20.3. The number of carbonyl (C=O) groups is 2. The first-order valence-electron chi connectivity index (χ1n) is 8.92. The zero-order valence-electron chi connectivity index (χ0n) is 16.1. The standard InChI is InChI=1S/C21H21FN4O3/c1-26-10-9-23-20(26)19(14-5-4-8-17(12-14)29-2)25-18(27)13-24-21(28)15-6-3-7-16(22)11-15/h3-12,19H,13H2,1-2H3,(H,24,28)(H,25,27). The molecule has 2 aromatic carbocycles. The predicted molar refractivity (Wildman–Crippen MR) is 105 cm³/mol. The van der Waals surface area contributed by atoms with Gasteiger partial charge in [0.15, 0.2) is 0 Å². The molecule has 0 bridgehead atoms. The SMILES string of the molecule is COc1cccc(C(NC(=O)CNC(=O)c2cccc(F)c2)c2nccn2C)c1. The summed E-state index contributed by atoms with van der Waals surface area (Å²) in [5.74, 6) is -0.187. The zero-order valence-corrected chi connectivity index (χ0v) is 16.1. The number of nitrogens with one attached hydrogen (secondary N) is 2. The Bertz CT molecular complexity index is 1020. The number of carbonyl (C=O) groups excluding carboxylic acids is 2. The second-order valence-corrected chi connectivity index (χ2v) is 6.37. The molecule has 29 heavy (non-hydrogen) atoms. The Kier molecular flexibility index (Phi) is 6.23. The monoisotopic (exact) mass is 396 g/mol. The summed E-state index contributed by atoms with van der Waals surface area (Å²) in [7, 11) is 3.39. The number of ether oxygens (including phenoxy) is 1. The van der Waals surface area contributed by atoms with Gasteiger partial charge in [-0.25, -0.2) is 9.37 Å². The van der Waals surface area contributed by atoms with E-state index in [1.165, 1.54) is 18.2 Å². The number of nitrogens with zero attached hydrogens (tertiary/aromatic N) is 2. The lowest BCUT2D eigenvalue weighted by Crippen LogP contribution is -2.39. The highest BCUT2D eigenvalue weighted by atomic mass is 19.1. The summed E-state index contributed by atoms with van der Waals surface area (Å²) in [5.41, 5.74) is 0.926. The summed E-state index contributed by atoms with van der Waals surface area (Å²) in [4.78, 5) is 29.0. The van der Waals surface area contributed by atoms with Gasteiger partial charge in [-0.3, -0.25) is 9.59 Å². The quantitative estimate of drug-likeness (QED) is 0.641. The van der Waals surface area contributed by atoms with Gasteiger partial charge in [-0.15, -0.1) is 0 Å². The number of aromatic nitrogens is 2. The normalized spacial score (nSPS) is 11.6. The smallest absolute Gasteiger partial charge is 0.251 e. The lowest BCUT2D eigenvalue weighted by atomic mass is 10.1. The van der Waals surface area contributed by atoms with Crippen molar-refractivity contribution in [3.63, 3.8) is 0 Å². The molecule has 1 aromatic heterocycles. The van der Waals surface area contributed by atoms with Crippen molar-refractivity contribution in [3.8, 4) is 5.75 Å². The van der Waals surface area contributed by atoms with E-state index in [-0.39, 0.29) is 12.1 Å². The molecule has 0 aliphatic carbocycles. The molecule has 8 heteroatoms. The van der Waals surface area contributed by atoms with E-state index in [1.54, 1.807) is 30.1 Å². The largest absolute Gasteiger partial charge is 0.497 e. The van der Waals surface area contributed by atoms with Crippen LogP contribution in [0.25, 0.3) is 0 Å². The summed E-state index contributed by atoms with van der Waals surface area (Å²) >= 11 is 0. The van der Waals surface area contributed by atoms with E-state index in [4.69, 9.17) is 4.74 Å². The molecule has 2 N–H and O–H groups in total. The minimum absolute atomic E-state index is 0.145. The lowest BCUT2D eigenvalue weighted by Gasteiger charge is -2.20. The van der Waals surface area contributed by atoms with E-state index in [2.05, 4.69) is 15.6 Å². The molecule has 3 rings (SSSR count). The van der Waals surface area contributed by atoms with E-state index in [1.807, 2.05) is 25.2 Å². The predicted octanol–water partition coefficient (Wildman–Crippen LogP) is 2.20. The van der Waals surface area contributed by atoms with Crippen LogP contribution in [-0.4, -0.2) is 35.0 Å². The maximum Gasteiger partial charge on any atom is 0.251 e. The number of amides is 2. The molecule has 1 heterocycles. The van der Waals surface area contributed by atoms with Crippen LogP contribution in [0.2, 0.25) is 0 Å². The van der Waals surface area contributed by atoms with E-state index < -0.39 is 23.7 Å². The van der Waals surface area contributed by atoms with E-state index >= 15 is 0 Å². The number of imidazole rings is 1. The molecule has 3 aromatic rings. The Labute approximate surface area is 167 Å². The van der Waals surface area contributed by atoms with Gasteiger partial charge in [-0.05, 0) is 35.9 Å². The fourth-order valence-corrected chi connectivity index (χ4v) is 2.88.